The molecule has 0 saturated carbocycles. The lowest BCUT2D eigenvalue weighted by atomic mass is 10.4. The number of anilines is 1. The van der Waals surface area contributed by atoms with Gasteiger partial charge >= 0.3 is 0 Å². The third-order valence-electron chi connectivity index (χ3n) is 1.99. The molecule has 0 aliphatic heterocycles. The standard InChI is InChI=1S/C11H18N2O3S/c1-8(2)16-11-10(6-5-7-12-11)13-17(14,15)9(3)4/h5-9,13H,1-4H3. The van der Waals surface area contributed by atoms with Crippen molar-refractivity contribution in [2.75, 3.05) is 4.72 Å². The maximum atomic E-state index is 11.7. The molecule has 1 aromatic heterocycles. The summed E-state index contributed by atoms with van der Waals surface area (Å²) >= 11 is 0. The second-order valence-corrected chi connectivity index (χ2v) is 6.46. The molecule has 0 amide bonds. The van der Waals surface area contributed by atoms with E-state index < -0.39 is 15.3 Å². The normalized spacial score (nSPS) is 11.9. The van der Waals surface area contributed by atoms with Crippen LogP contribution < -0.4 is 9.46 Å². The molecule has 0 fully saturated rings. The molecule has 17 heavy (non-hydrogen) atoms. The third-order valence-corrected chi connectivity index (χ3v) is 3.74. The van der Waals surface area contributed by atoms with Crippen LogP contribution in [0.3, 0.4) is 0 Å². The van der Waals surface area contributed by atoms with Crippen LogP contribution >= 0.6 is 0 Å². The summed E-state index contributed by atoms with van der Waals surface area (Å²) in [6.45, 7) is 6.94. The first-order valence-electron chi connectivity index (χ1n) is 5.46. The predicted octanol–water partition coefficient (Wildman–Crippen LogP) is 2.02. The molecule has 0 aliphatic carbocycles. The Morgan fingerprint density at radius 2 is 1.94 bits per heavy atom. The highest BCUT2D eigenvalue weighted by atomic mass is 32.2. The highest BCUT2D eigenvalue weighted by Crippen LogP contribution is 2.23. The van der Waals surface area contributed by atoms with Gasteiger partial charge in [0.05, 0.1) is 11.4 Å². The molecule has 1 N–H and O–H groups in total. The molecule has 0 bridgehead atoms. The Balaban J connectivity index is 2.99. The minimum atomic E-state index is -3.38. The van der Waals surface area contributed by atoms with Gasteiger partial charge in [0.1, 0.15) is 5.69 Å². The molecule has 0 radical (unpaired) electrons. The summed E-state index contributed by atoms with van der Waals surface area (Å²) in [5.74, 6) is 0.298. The summed E-state index contributed by atoms with van der Waals surface area (Å²) in [5, 5.41) is -0.505. The first kappa shape index (κ1) is 13.8. The minimum absolute atomic E-state index is 0.0628. The largest absolute Gasteiger partial charge is 0.473 e. The number of hydrogen-bond acceptors (Lipinski definition) is 4. The maximum Gasteiger partial charge on any atom is 0.238 e. The monoisotopic (exact) mass is 258 g/mol. The number of rotatable bonds is 5. The van der Waals surface area contributed by atoms with Crippen molar-refractivity contribution < 1.29 is 13.2 Å². The van der Waals surface area contributed by atoms with Crippen LogP contribution in [0.1, 0.15) is 27.7 Å². The Bertz CT molecular complexity index is 469. The van der Waals surface area contributed by atoms with Gasteiger partial charge in [0, 0.05) is 6.20 Å². The van der Waals surface area contributed by atoms with E-state index in [1.54, 1.807) is 32.2 Å². The zero-order valence-corrected chi connectivity index (χ0v) is 11.3. The molecule has 96 valence electrons. The molecular weight excluding hydrogens is 240 g/mol. The second kappa shape index (κ2) is 5.35. The topological polar surface area (TPSA) is 68.3 Å². The minimum Gasteiger partial charge on any atom is -0.473 e. The van der Waals surface area contributed by atoms with Gasteiger partial charge in [0.25, 0.3) is 0 Å². The smallest absolute Gasteiger partial charge is 0.238 e. The van der Waals surface area contributed by atoms with E-state index in [1.807, 2.05) is 13.8 Å². The molecule has 0 spiro atoms. The Kier molecular flexibility index (Phi) is 4.34. The molecule has 0 aliphatic rings. The number of sulfonamides is 1. The van der Waals surface area contributed by atoms with Gasteiger partial charge < -0.3 is 4.74 Å². The number of hydrogen-bond donors (Lipinski definition) is 1. The lowest BCUT2D eigenvalue weighted by Gasteiger charge is -2.15. The molecule has 1 heterocycles. The van der Waals surface area contributed by atoms with Crippen molar-refractivity contribution in [3.05, 3.63) is 18.3 Å². The summed E-state index contributed by atoms with van der Waals surface area (Å²) < 4.78 is 31.4. The van der Waals surface area contributed by atoms with Crippen molar-refractivity contribution >= 4 is 15.7 Å². The van der Waals surface area contributed by atoms with Crippen molar-refractivity contribution in [3.8, 4) is 5.88 Å². The Morgan fingerprint density at radius 3 is 2.47 bits per heavy atom. The average Bonchev–Trinajstić information content (AvgIpc) is 2.19. The van der Waals surface area contributed by atoms with Crippen LogP contribution in [-0.2, 0) is 10.0 Å². The quantitative estimate of drug-likeness (QED) is 0.877. The highest BCUT2D eigenvalue weighted by Gasteiger charge is 2.18. The number of pyridine rings is 1. The van der Waals surface area contributed by atoms with Gasteiger partial charge in [-0.3, -0.25) is 4.72 Å². The third kappa shape index (κ3) is 3.89. The van der Waals surface area contributed by atoms with E-state index in [-0.39, 0.29) is 6.10 Å². The maximum absolute atomic E-state index is 11.7. The van der Waals surface area contributed by atoms with Crippen molar-refractivity contribution in [1.29, 1.82) is 0 Å². The van der Waals surface area contributed by atoms with Crippen LogP contribution in [0.15, 0.2) is 18.3 Å². The summed E-state index contributed by atoms with van der Waals surface area (Å²) in [6.07, 6.45) is 1.50. The van der Waals surface area contributed by atoms with Crippen molar-refractivity contribution in [2.45, 2.75) is 39.0 Å². The van der Waals surface area contributed by atoms with Crippen LogP contribution in [0.25, 0.3) is 0 Å². The van der Waals surface area contributed by atoms with E-state index in [0.717, 1.165) is 0 Å². The van der Waals surface area contributed by atoms with Crippen molar-refractivity contribution in [1.82, 2.24) is 4.98 Å². The Hall–Kier alpha value is -1.30. The summed E-state index contributed by atoms with van der Waals surface area (Å²) in [6, 6.07) is 3.29. The van der Waals surface area contributed by atoms with E-state index in [2.05, 4.69) is 9.71 Å². The number of nitrogens with zero attached hydrogens (tertiary/aromatic N) is 1. The van der Waals surface area contributed by atoms with Crippen LogP contribution in [0.4, 0.5) is 5.69 Å². The lowest BCUT2D eigenvalue weighted by molar-refractivity contribution is 0.234. The number of aromatic nitrogens is 1. The Morgan fingerprint density at radius 1 is 1.29 bits per heavy atom. The van der Waals surface area contributed by atoms with E-state index in [0.29, 0.717) is 11.6 Å². The zero-order valence-electron chi connectivity index (χ0n) is 10.5. The van der Waals surface area contributed by atoms with Crippen LogP contribution in [-0.4, -0.2) is 24.8 Å². The zero-order chi connectivity index (χ0) is 13.1. The van der Waals surface area contributed by atoms with Gasteiger partial charge in [-0.1, -0.05) is 0 Å². The average molecular weight is 258 g/mol. The van der Waals surface area contributed by atoms with Crippen molar-refractivity contribution in [2.24, 2.45) is 0 Å². The molecular formula is C11H18N2O3S. The van der Waals surface area contributed by atoms with Gasteiger partial charge in [-0.05, 0) is 39.8 Å². The fourth-order valence-electron chi connectivity index (χ4n) is 1.06. The second-order valence-electron chi connectivity index (χ2n) is 4.22. The molecule has 6 heteroatoms. The van der Waals surface area contributed by atoms with Crippen LogP contribution in [0, 0.1) is 0 Å². The summed E-state index contributed by atoms with van der Waals surface area (Å²) in [7, 11) is -3.38. The van der Waals surface area contributed by atoms with Gasteiger partial charge in [-0.2, -0.15) is 0 Å². The molecule has 1 aromatic rings. The predicted molar refractivity (Wildman–Crippen MR) is 67.7 cm³/mol. The molecule has 0 aromatic carbocycles. The SMILES string of the molecule is CC(C)Oc1ncccc1NS(=O)(=O)C(C)C. The summed E-state index contributed by atoms with van der Waals surface area (Å²) in [5.41, 5.74) is 0.370. The van der Waals surface area contributed by atoms with Gasteiger partial charge in [-0.25, -0.2) is 13.4 Å². The molecule has 0 unspecified atom stereocenters. The van der Waals surface area contributed by atoms with E-state index in [9.17, 15) is 8.42 Å². The first-order chi connectivity index (χ1) is 7.83. The van der Waals surface area contributed by atoms with Crippen LogP contribution in [0.2, 0.25) is 0 Å². The lowest BCUT2D eigenvalue weighted by Crippen LogP contribution is -2.23. The van der Waals surface area contributed by atoms with Gasteiger partial charge in [0.2, 0.25) is 15.9 Å². The van der Waals surface area contributed by atoms with E-state index >= 15 is 0 Å². The number of nitrogens with one attached hydrogen (secondary N) is 1. The number of ether oxygens (including phenoxy) is 1. The first-order valence-corrected chi connectivity index (χ1v) is 7.01. The van der Waals surface area contributed by atoms with Gasteiger partial charge in [-0.15, -0.1) is 0 Å². The Labute approximate surface area is 102 Å². The fraction of sp³-hybridized carbons (Fsp3) is 0.545. The van der Waals surface area contributed by atoms with E-state index in [4.69, 9.17) is 4.74 Å². The van der Waals surface area contributed by atoms with Crippen molar-refractivity contribution in [3.63, 3.8) is 0 Å². The van der Waals surface area contributed by atoms with Gasteiger partial charge in [0.15, 0.2) is 0 Å². The highest BCUT2D eigenvalue weighted by molar-refractivity contribution is 7.93. The van der Waals surface area contributed by atoms with Crippen LogP contribution in [0.5, 0.6) is 5.88 Å². The summed E-state index contributed by atoms with van der Waals surface area (Å²) in [4.78, 5) is 4.01. The molecule has 0 saturated heterocycles. The molecule has 0 atom stereocenters. The molecule has 1 rings (SSSR count). The molecule has 5 nitrogen and oxygen atoms in total. The van der Waals surface area contributed by atoms with E-state index in [1.165, 1.54) is 0 Å². The fourth-order valence-corrected chi connectivity index (χ4v) is 1.75.